The van der Waals surface area contributed by atoms with Gasteiger partial charge in [-0.2, -0.15) is 0 Å². The van der Waals surface area contributed by atoms with Crippen molar-refractivity contribution >= 4 is 11.6 Å². The van der Waals surface area contributed by atoms with E-state index in [4.69, 9.17) is 11.6 Å². The van der Waals surface area contributed by atoms with Crippen LogP contribution in [0, 0.1) is 11.6 Å². The van der Waals surface area contributed by atoms with Crippen molar-refractivity contribution in [2.24, 2.45) is 0 Å². The first kappa shape index (κ1) is 8.43. The van der Waals surface area contributed by atoms with Crippen molar-refractivity contribution in [3.63, 3.8) is 0 Å². The van der Waals surface area contributed by atoms with E-state index in [1.807, 2.05) is 0 Å². The molecule has 0 N–H and O–H groups in total. The van der Waals surface area contributed by atoms with Crippen LogP contribution in [0.1, 0.15) is 5.56 Å². The largest absolute Gasteiger partial charge is 0.231 e. The Balaban J connectivity index is 3.25. The summed E-state index contributed by atoms with van der Waals surface area (Å²) in [5.74, 6) is -1.80. The molecule has 1 radical (unpaired) electrons. The second-order valence-corrected chi connectivity index (χ2v) is 2.36. The molecule has 0 aliphatic carbocycles. The lowest BCUT2D eigenvalue weighted by atomic mass is 10.2. The number of hydrogen-bond donors (Lipinski definition) is 0. The molecule has 0 aliphatic heterocycles. The Morgan fingerprint density at radius 3 is 2.55 bits per heavy atom. The van der Waals surface area contributed by atoms with Crippen LogP contribution in [-0.4, -0.2) is 0 Å². The van der Waals surface area contributed by atoms with Crippen LogP contribution in [0.25, 0.3) is 0 Å². The van der Waals surface area contributed by atoms with Gasteiger partial charge in [0.1, 0.15) is 23.3 Å². The standard InChI is InChI=1S/C7H4ClF2O/c8-6-5(9)2-1-4(3-11)7(6)10/h1-2H,3H2. The predicted molar refractivity (Wildman–Crippen MR) is 35.8 cm³/mol. The minimum Gasteiger partial charge on any atom is -0.231 e. The van der Waals surface area contributed by atoms with Gasteiger partial charge in [0.15, 0.2) is 0 Å². The minimum absolute atomic E-state index is 0.114. The summed E-state index contributed by atoms with van der Waals surface area (Å²) in [5, 5.41) is 9.58. The van der Waals surface area contributed by atoms with Gasteiger partial charge in [0.05, 0.1) is 0 Å². The van der Waals surface area contributed by atoms with Crippen molar-refractivity contribution in [3.05, 3.63) is 34.4 Å². The summed E-state index contributed by atoms with van der Waals surface area (Å²) in [4.78, 5) is 0. The molecule has 0 amide bonds. The van der Waals surface area contributed by atoms with Gasteiger partial charge in [-0.1, -0.05) is 17.7 Å². The zero-order valence-corrected chi connectivity index (χ0v) is 6.16. The van der Waals surface area contributed by atoms with Crippen molar-refractivity contribution in [1.29, 1.82) is 0 Å². The maximum absolute atomic E-state index is 12.7. The molecule has 0 fully saturated rings. The van der Waals surface area contributed by atoms with Gasteiger partial charge in [0.2, 0.25) is 0 Å². The topological polar surface area (TPSA) is 19.9 Å². The van der Waals surface area contributed by atoms with E-state index < -0.39 is 23.3 Å². The summed E-state index contributed by atoms with van der Waals surface area (Å²) >= 11 is 5.17. The van der Waals surface area contributed by atoms with E-state index in [1.54, 1.807) is 0 Å². The highest BCUT2D eigenvalue weighted by Gasteiger charge is 2.10. The van der Waals surface area contributed by atoms with E-state index in [0.717, 1.165) is 12.1 Å². The maximum Gasteiger partial charge on any atom is 0.150 e. The van der Waals surface area contributed by atoms with Gasteiger partial charge < -0.3 is 0 Å². The van der Waals surface area contributed by atoms with E-state index in [9.17, 15) is 13.9 Å². The molecule has 4 heteroatoms. The van der Waals surface area contributed by atoms with Gasteiger partial charge >= 0.3 is 0 Å². The molecule has 0 unspecified atom stereocenters. The van der Waals surface area contributed by atoms with Crippen LogP contribution in [0.15, 0.2) is 12.1 Å². The Labute approximate surface area is 67.2 Å². The van der Waals surface area contributed by atoms with Crippen LogP contribution in [0.3, 0.4) is 0 Å². The molecular weight excluding hydrogens is 174 g/mol. The van der Waals surface area contributed by atoms with Gasteiger partial charge in [-0.15, -0.1) is 0 Å². The summed E-state index contributed by atoms with van der Waals surface area (Å²) in [5.41, 5.74) is -0.114. The molecule has 0 saturated carbocycles. The summed E-state index contributed by atoms with van der Waals surface area (Å²) < 4.78 is 25.1. The van der Waals surface area contributed by atoms with Crippen molar-refractivity contribution in [2.75, 3.05) is 0 Å². The zero-order chi connectivity index (χ0) is 8.43. The van der Waals surface area contributed by atoms with Crippen LogP contribution >= 0.6 is 11.6 Å². The maximum atomic E-state index is 12.7. The highest BCUT2D eigenvalue weighted by atomic mass is 35.5. The number of halogens is 3. The first-order valence-electron chi connectivity index (χ1n) is 2.87. The van der Waals surface area contributed by atoms with E-state index in [0.29, 0.717) is 0 Å². The Kier molecular flexibility index (Phi) is 2.42. The summed E-state index contributed by atoms with van der Waals surface area (Å²) in [6, 6.07) is 2.06. The molecule has 0 atom stereocenters. The molecule has 1 nitrogen and oxygen atoms in total. The smallest absolute Gasteiger partial charge is 0.150 e. The van der Waals surface area contributed by atoms with Gasteiger partial charge in [-0.3, -0.25) is 0 Å². The van der Waals surface area contributed by atoms with Crippen LogP contribution in [-0.2, 0) is 11.7 Å². The Morgan fingerprint density at radius 1 is 1.36 bits per heavy atom. The zero-order valence-electron chi connectivity index (χ0n) is 5.40. The quantitative estimate of drug-likeness (QED) is 0.588. The normalized spacial score (nSPS) is 10.2. The fraction of sp³-hybridized carbons (Fsp3) is 0.143. The third-order valence-electron chi connectivity index (χ3n) is 1.27. The fourth-order valence-corrected chi connectivity index (χ4v) is 0.862. The lowest BCUT2D eigenvalue weighted by molar-refractivity contribution is 0.174. The number of rotatable bonds is 1. The average molecular weight is 178 g/mol. The molecule has 1 rings (SSSR count). The first-order valence-corrected chi connectivity index (χ1v) is 3.25. The molecule has 0 heterocycles. The van der Waals surface area contributed by atoms with Crippen LogP contribution in [0.2, 0.25) is 5.02 Å². The van der Waals surface area contributed by atoms with Gasteiger partial charge in [-0.25, -0.2) is 13.9 Å². The van der Waals surface area contributed by atoms with E-state index in [1.165, 1.54) is 0 Å². The molecule has 0 aromatic heterocycles. The van der Waals surface area contributed by atoms with Crippen LogP contribution in [0.4, 0.5) is 8.78 Å². The molecule has 0 spiro atoms. The molecule has 0 saturated heterocycles. The van der Waals surface area contributed by atoms with E-state index in [2.05, 4.69) is 0 Å². The van der Waals surface area contributed by atoms with Gasteiger partial charge in [0, 0.05) is 5.56 Å². The second-order valence-electron chi connectivity index (χ2n) is 1.98. The molecule has 0 aliphatic rings. The van der Waals surface area contributed by atoms with E-state index in [-0.39, 0.29) is 5.56 Å². The average Bonchev–Trinajstić information content (AvgIpc) is 2.01. The first-order chi connectivity index (χ1) is 5.16. The van der Waals surface area contributed by atoms with Crippen LogP contribution in [0.5, 0.6) is 0 Å². The summed E-state index contributed by atoms with van der Waals surface area (Å²) in [6.07, 6.45) is 0. The number of benzene rings is 1. The third-order valence-corrected chi connectivity index (χ3v) is 1.62. The monoisotopic (exact) mass is 177 g/mol. The molecule has 1 aromatic rings. The summed E-state index contributed by atoms with van der Waals surface area (Å²) in [6.45, 7) is -0.730. The van der Waals surface area contributed by atoms with E-state index >= 15 is 0 Å². The summed E-state index contributed by atoms with van der Waals surface area (Å²) in [7, 11) is 0. The van der Waals surface area contributed by atoms with Crippen LogP contribution < -0.4 is 0 Å². The lowest BCUT2D eigenvalue weighted by Crippen LogP contribution is -1.91. The Bertz CT molecular complexity index is 275. The minimum atomic E-state index is -0.957. The van der Waals surface area contributed by atoms with Crippen molar-refractivity contribution in [1.82, 2.24) is 0 Å². The van der Waals surface area contributed by atoms with Crippen molar-refractivity contribution in [3.8, 4) is 0 Å². The molecule has 0 bridgehead atoms. The Morgan fingerprint density at radius 2 is 2.00 bits per heavy atom. The molecular formula is C7H4ClF2O. The molecule has 1 aromatic carbocycles. The second kappa shape index (κ2) is 3.15. The van der Waals surface area contributed by atoms with Crippen molar-refractivity contribution in [2.45, 2.75) is 6.61 Å². The lowest BCUT2D eigenvalue weighted by Gasteiger charge is -1.99. The SMILES string of the molecule is [O]Cc1ccc(F)c(Cl)c1F. The predicted octanol–water partition coefficient (Wildman–Crippen LogP) is 2.55. The Hall–Kier alpha value is -0.670. The third kappa shape index (κ3) is 1.49. The fourth-order valence-electron chi connectivity index (χ4n) is 0.677. The molecule has 11 heavy (non-hydrogen) atoms. The van der Waals surface area contributed by atoms with Gasteiger partial charge in [-0.05, 0) is 6.07 Å². The molecule has 59 valence electrons. The highest BCUT2D eigenvalue weighted by molar-refractivity contribution is 6.30. The van der Waals surface area contributed by atoms with Crippen molar-refractivity contribution < 1.29 is 13.9 Å². The highest BCUT2D eigenvalue weighted by Crippen LogP contribution is 2.21. The van der Waals surface area contributed by atoms with Gasteiger partial charge in [0.25, 0.3) is 0 Å². The number of hydrogen-bond acceptors (Lipinski definition) is 0.